The first-order valence-electron chi connectivity index (χ1n) is 12.3. The van der Waals surface area contributed by atoms with Crippen LogP contribution in [-0.2, 0) is 11.0 Å². The molecule has 0 unspecified atom stereocenters. The highest BCUT2D eigenvalue weighted by atomic mass is 32.1. The fraction of sp³-hybridized carbons (Fsp3) is 0.269. The zero-order valence-electron chi connectivity index (χ0n) is 21.8. The number of thiazole rings is 1. The minimum absolute atomic E-state index is 0.0318. The molecule has 10 nitrogen and oxygen atoms in total. The van der Waals surface area contributed by atoms with E-state index in [-0.39, 0.29) is 22.9 Å². The quantitative estimate of drug-likeness (QED) is 0.212. The van der Waals surface area contributed by atoms with Crippen LogP contribution in [0.4, 0.5) is 35.4 Å². The molecule has 212 valence electrons. The largest absolute Gasteiger partial charge is 0.416 e. The first kappa shape index (κ1) is 28.9. The summed E-state index contributed by atoms with van der Waals surface area (Å²) in [7, 11) is 0. The third-order valence-corrected chi connectivity index (χ3v) is 7.05. The van der Waals surface area contributed by atoms with Gasteiger partial charge in [-0.2, -0.15) is 13.2 Å². The van der Waals surface area contributed by atoms with E-state index < -0.39 is 17.6 Å². The number of hydrogen-bond donors (Lipinski definition) is 5. The van der Waals surface area contributed by atoms with Gasteiger partial charge in [0.05, 0.1) is 21.8 Å². The fourth-order valence-electron chi connectivity index (χ4n) is 4.08. The number of benzene rings is 2. The number of carbonyl (C=O) groups is 2. The lowest BCUT2D eigenvalue weighted by molar-refractivity contribution is -0.137. The van der Waals surface area contributed by atoms with Gasteiger partial charge in [0.2, 0.25) is 5.91 Å². The molecule has 2 heterocycles. The molecule has 3 aromatic rings. The lowest BCUT2D eigenvalue weighted by atomic mass is 10.1. The number of carbonyl (C=O) groups excluding carboxylic acids is 2. The summed E-state index contributed by atoms with van der Waals surface area (Å²) in [6, 6.07) is 8.31. The third-order valence-electron chi connectivity index (χ3n) is 6.09. The number of anilines is 4. The standard InChI is InChI=1S/C26H29F3N8O2S/c1-15-3-4-17(9-22(15)37(31)14-21(30)23-13-33-25(40-23)34-16(2)38)24(39)35-19-10-18(26(27,28)29)11-20(12-19)36-7-5-32-6-8-36/h3-4,9-14,32H,5-8,30-31H2,1-2H3,(H,35,39)(H,33,34,38)/b21-14-. The number of nitrogens with zero attached hydrogens (tertiary/aromatic N) is 3. The molecule has 0 saturated carbocycles. The van der Waals surface area contributed by atoms with Gasteiger partial charge in [0, 0.05) is 62.4 Å². The maximum atomic E-state index is 13.6. The predicted octanol–water partition coefficient (Wildman–Crippen LogP) is 3.73. The van der Waals surface area contributed by atoms with E-state index in [1.807, 2.05) is 4.90 Å². The first-order chi connectivity index (χ1) is 18.9. The van der Waals surface area contributed by atoms with E-state index in [1.165, 1.54) is 36.5 Å². The molecular formula is C26H29F3N8O2S. The third kappa shape index (κ3) is 7.08. The fourth-order valence-corrected chi connectivity index (χ4v) is 4.87. The highest BCUT2D eigenvalue weighted by Crippen LogP contribution is 2.35. The second kappa shape index (κ2) is 11.9. The van der Waals surface area contributed by atoms with Gasteiger partial charge in [-0.25, -0.2) is 10.8 Å². The Morgan fingerprint density at radius 2 is 1.88 bits per heavy atom. The summed E-state index contributed by atoms with van der Waals surface area (Å²) in [5.41, 5.74) is 7.38. The number of nitrogens with one attached hydrogen (secondary N) is 3. The predicted molar refractivity (Wildman–Crippen MR) is 151 cm³/mol. The number of aromatic nitrogens is 1. The molecular weight excluding hydrogens is 545 g/mol. The van der Waals surface area contributed by atoms with Crippen LogP contribution >= 0.6 is 11.3 Å². The monoisotopic (exact) mass is 574 g/mol. The number of halogens is 3. The van der Waals surface area contributed by atoms with Crippen molar-refractivity contribution in [2.75, 3.05) is 46.7 Å². The number of aryl methyl sites for hydroxylation is 1. The second-order valence-electron chi connectivity index (χ2n) is 9.16. The molecule has 1 fully saturated rings. The maximum absolute atomic E-state index is 13.6. The van der Waals surface area contributed by atoms with Crippen molar-refractivity contribution in [3.63, 3.8) is 0 Å². The molecule has 0 radical (unpaired) electrons. The molecule has 14 heteroatoms. The lowest BCUT2D eigenvalue weighted by Gasteiger charge is -2.30. The summed E-state index contributed by atoms with van der Waals surface area (Å²) in [6.45, 7) is 5.56. The normalized spacial score (nSPS) is 14.2. The van der Waals surface area contributed by atoms with Crippen molar-refractivity contribution in [2.45, 2.75) is 20.0 Å². The Balaban J connectivity index is 1.56. The molecule has 1 aliphatic heterocycles. The number of hydrazine groups is 1. The van der Waals surface area contributed by atoms with Crippen molar-refractivity contribution in [1.82, 2.24) is 10.3 Å². The van der Waals surface area contributed by atoms with E-state index in [0.29, 0.717) is 47.6 Å². The van der Waals surface area contributed by atoms with Crippen molar-refractivity contribution in [1.29, 1.82) is 0 Å². The Morgan fingerprint density at radius 3 is 2.55 bits per heavy atom. The highest BCUT2D eigenvalue weighted by Gasteiger charge is 2.32. The molecule has 1 saturated heterocycles. The molecule has 0 atom stereocenters. The summed E-state index contributed by atoms with van der Waals surface area (Å²) in [4.78, 5) is 30.9. The molecule has 1 aliphatic rings. The molecule has 4 rings (SSSR count). The summed E-state index contributed by atoms with van der Waals surface area (Å²) in [5.74, 6) is 5.38. The van der Waals surface area contributed by atoms with Crippen molar-refractivity contribution in [3.8, 4) is 0 Å². The van der Waals surface area contributed by atoms with Gasteiger partial charge in [0.1, 0.15) is 0 Å². The summed E-state index contributed by atoms with van der Waals surface area (Å²) in [5, 5.41) is 9.97. The van der Waals surface area contributed by atoms with Crippen LogP contribution in [0.2, 0.25) is 0 Å². The average molecular weight is 575 g/mol. The number of hydrogen-bond acceptors (Lipinski definition) is 9. The van der Waals surface area contributed by atoms with Gasteiger partial charge in [0.15, 0.2) is 5.13 Å². The van der Waals surface area contributed by atoms with E-state index in [4.69, 9.17) is 11.6 Å². The van der Waals surface area contributed by atoms with E-state index in [2.05, 4.69) is 20.9 Å². The van der Waals surface area contributed by atoms with Gasteiger partial charge in [-0.3, -0.25) is 14.6 Å². The molecule has 7 N–H and O–H groups in total. The van der Waals surface area contributed by atoms with Crippen LogP contribution in [0.3, 0.4) is 0 Å². The molecule has 0 spiro atoms. The molecule has 1 aromatic heterocycles. The van der Waals surface area contributed by atoms with Gasteiger partial charge in [0.25, 0.3) is 5.91 Å². The van der Waals surface area contributed by atoms with E-state index in [9.17, 15) is 22.8 Å². The van der Waals surface area contributed by atoms with Gasteiger partial charge in [-0.1, -0.05) is 17.4 Å². The molecule has 2 aromatic carbocycles. The Morgan fingerprint density at radius 1 is 1.15 bits per heavy atom. The number of amides is 2. The Labute approximate surface area is 232 Å². The van der Waals surface area contributed by atoms with E-state index >= 15 is 0 Å². The van der Waals surface area contributed by atoms with Crippen molar-refractivity contribution < 1.29 is 22.8 Å². The van der Waals surface area contributed by atoms with Crippen LogP contribution < -0.4 is 37.4 Å². The minimum atomic E-state index is -4.58. The SMILES string of the molecule is CC(=O)Nc1ncc(/C(N)=C/N(N)c2cc(C(=O)Nc3cc(N4CCNCC4)cc(C(F)(F)F)c3)ccc2C)s1. The number of rotatable bonds is 7. The Kier molecular flexibility index (Phi) is 8.61. The number of alkyl halides is 3. The summed E-state index contributed by atoms with van der Waals surface area (Å²) < 4.78 is 40.9. The molecule has 40 heavy (non-hydrogen) atoms. The molecule has 2 amide bonds. The van der Waals surface area contributed by atoms with Crippen molar-refractivity contribution >= 4 is 51.0 Å². The summed E-state index contributed by atoms with van der Waals surface area (Å²) in [6.07, 6.45) is -1.63. The number of piperazine rings is 1. The van der Waals surface area contributed by atoms with Gasteiger partial charge < -0.3 is 26.6 Å². The molecule has 0 bridgehead atoms. The van der Waals surface area contributed by atoms with Crippen LogP contribution in [0.25, 0.3) is 5.70 Å². The maximum Gasteiger partial charge on any atom is 0.416 e. The van der Waals surface area contributed by atoms with Crippen LogP contribution in [0, 0.1) is 6.92 Å². The van der Waals surface area contributed by atoms with Gasteiger partial charge in [-0.05, 0) is 42.8 Å². The Hall–Kier alpha value is -4.14. The smallest absolute Gasteiger partial charge is 0.396 e. The second-order valence-corrected chi connectivity index (χ2v) is 10.2. The Bertz CT molecular complexity index is 1430. The van der Waals surface area contributed by atoms with Crippen molar-refractivity contribution in [3.05, 3.63) is 70.4 Å². The van der Waals surface area contributed by atoms with E-state index in [1.54, 1.807) is 19.1 Å². The lowest BCUT2D eigenvalue weighted by Crippen LogP contribution is -2.43. The minimum Gasteiger partial charge on any atom is -0.396 e. The zero-order chi connectivity index (χ0) is 29.0. The van der Waals surface area contributed by atoms with Crippen LogP contribution in [0.5, 0.6) is 0 Å². The van der Waals surface area contributed by atoms with Gasteiger partial charge >= 0.3 is 6.18 Å². The summed E-state index contributed by atoms with van der Waals surface area (Å²) >= 11 is 1.16. The van der Waals surface area contributed by atoms with Crippen LogP contribution in [-0.4, -0.2) is 43.0 Å². The number of nitrogens with two attached hydrogens (primary N) is 2. The highest BCUT2D eigenvalue weighted by molar-refractivity contribution is 7.16. The topological polar surface area (TPSA) is 142 Å². The average Bonchev–Trinajstić information content (AvgIpc) is 3.36. The van der Waals surface area contributed by atoms with Crippen molar-refractivity contribution in [2.24, 2.45) is 11.6 Å². The van der Waals surface area contributed by atoms with Crippen LogP contribution in [0.15, 0.2) is 48.8 Å². The van der Waals surface area contributed by atoms with E-state index in [0.717, 1.165) is 29.0 Å². The van der Waals surface area contributed by atoms with Crippen LogP contribution in [0.1, 0.15) is 33.3 Å². The van der Waals surface area contributed by atoms with Gasteiger partial charge in [-0.15, -0.1) is 0 Å². The molecule has 0 aliphatic carbocycles. The zero-order valence-corrected chi connectivity index (χ0v) is 22.6. The first-order valence-corrected chi connectivity index (χ1v) is 13.1.